The lowest BCUT2D eigenvalue weighted by atomic mass is 10.1. The Morgan fingerprint density at radius 3 is 2.78 bits per heavy atom. The van der Waals surface area contributed by atoms with Crippen molar-refractivity contribution in [2.75, 3.05) is 5.32 Å². The van der Waals surface area contributed by atoms with E-state index in [0.29, 0.717) is 28.2 Å². The molecule has 0 aliphatic rings. The van der Waals surface area contributed by atoms with E-state index in [-0.39, 0.29) is 16.8 Å². The van der Waals surface area contributed by atoms with E-state index in [4.69, 9.17) is 16.6 Å². The summed E-state index contributed by atoms with van der Waals surface area (Å²) in [6.07, 6.45) is 0. The van der Waals surface area contributed by atoms with Crippen LogP contribution in [0.25, 0.3) is 22.6 Å². The lowest BCUT2D eigenvalue weighted by Crippen LogP contribution is -2.32. The number of phenolic OH excluding ortho intramolecular Hbond substituents is 1. The van der Waals surface area contributed by atoms with Crippen molar-refractivity contribution in [1.82, 2.24) is 10.3 Å². The van der Waals surface area contributed by atoms with Crippen molar-refractivity contribution in [3.63, 3.8) is 0 Å². The molecule has 3 N–H and O–H groups in total. The topological polar surface area (TPSA) is 87.4 Å². The summed E-state index contributed by atoms with van der Waals surface area (Å²) in [6.45, 7) is 1.37. The summed E-state index contributed by atoms with van der Waals surface area (Å²) in [5.74, 6) is 0.0748. The Bertz CT molecular complexity index is 871. The quantitative estimate of drug-likeness (QED) is 0.495. The van der Waals surface area contributed by atoms with Crippen LogP contribution in [-0.4, -0.2) is 21.1 Å². The fourth-order valence-corrected chi connectivity index (χ4v) is 2.36. The molecule has 3 rings (SSSR count). The normalized spacial score (nSPS) is 10.5. The molecular formula is C16H13N3O3S. The largest absolute Gasteiger partial charge is 0.507 e. The maximum atomic E-state index is 11.0. The number of carbonyl (C=O) groups excluding carboxylic acids is 1. The van der Waals surface area contributed by atoms with E-state index in [2.05, 4.69) is 15.6 Å². The van der Waals surface area contributed by atoms with Crippen LogP contribution in [-0.2, 0) is 4.79 Å². The molecule has 3 aromatic rings. The maximum Gasteiger partial charge on any atom is 0.231 e. The minimum absolute atomic E-state index is 0.0348. The van der Waals surface area contributed by atoms with Crippen molar-refractivity contribution in [3.8, 4) is 17.2 Å². The predicted octanol–water partition coefficient (Wildman–Crippen LogP) is 3.03. The molecule has 0 atom stereocenters. The van der Waals surface area contributed by atoms with Gasteiger partial charge in [-0.2, -0.15) is 0 Å². The van der Waals surface area contributed by atoms with Gasteiger partial charge in [-0.25, -0.2) is 4.98 Å². The summed E-state index contributed by atoms with van der Waals surface area (Å²) in [5, 5.41) is 15.6. The molecule has 6 nitrogen and oxygen atoms in total. The van der Waals surface area contributed by atoms with Crippen molar-refractivity contribution in [2.24, 2.45) is 0 Å². The number of hydrogen-bond acceptors (Lipinski definition) is 5. The van der Waals surface area contributed by atoms with Crippen LogP contribution in [0.5, 0.6) is 5.75 Å². The highest BCUT2D eigenvalue weighted by molar-refractivity contribution is 7.80. The summed E-state index contributed by atoms with van der Waals surface area (Å²) in [7, 11) is 0. The molecule has 0 bridgehead atoms. The van der Waals surface area contributed by atoms with E-state index >= 15 is 0 Å². The predicted molar refractivity (Wildman–Crippen MR) is 91.1 cm³/mol. The van der Waals surface area contributed by atoms with Gasteiger partial charge >= 0.3 is 0 Å². The van der Waals surface area contributed by atoms with Crippen molar-refractivity contribution >= 4 is 40.0 Å². The number of aromatic nitrogens is 1. The number of nitrogens with one attached hydrogen (secondary N) is 2. The lowest BCUT2D eigenvalue weighted by molar-refractivity contribution is -0.117. The van der Waals surface area contributed by atoms with E-state index in [1.807, 2.05) is 18.2 Å². The number of anilines is 1. The molecule has 0 radical (unpaired) electrons. The number of aromatic hydroxyl groups is 1. The summed E-state index contributed by atoms with van der Waals surface area (Å²) in [4.78, 5) is 15.3. The molecule has 0 fully saturated rings. The zero-order valence-electron chi connectivity index (χ0n) is 12.2. The second-order valence-corrected chi connectivity index (χ2v) is 5.26. The number of nitrogens with zero attached hydrogens (tertiary/aromatic N) is 1. The Morgan fingerprint density at radius 2 is 2.04 bits per heavy atom. The van der Waals surface area contributed by atoms with Crippen LogP contribution < -0.4 is 10.6 Å². The third-order valence-electron chi connectivity index (χ3n) is 3.07. The fourth-order valence-electron chi connectivity index (χ4n) is 2.09. The van der Waals surface area contributed by atoms with Crippen LogP contribution in [0.2, 0.25) is 0 Å². The summed E-state index contributed by atoms with van der Waals surface area (Å²) >= 11 is 5.01. The highest BCUT2D eigenvalue weighted by Gasteiger charge is 2.13. The molecule has 0 saturated heterocycles. The number of rotatable bonds is 2. The molecule has 0 aliphatic heterocycles. The van der Waals surface area contributed by atoms with Gasteiger partial charge in [-0.05, 0) is 42.5 Å². The monoisotopic (exact) mass is 327 g/mol. The minimum atomic E-state index is -0.263. The summed E-state index contributed by atoms with van der Waals surface area (Å²) < 4.78 is 5.66. The van der Waals surface area contributed by atoms with Gasteiger partial charge in [-0.1, -0.05) is 12.1 Å². The van der Waals surface area contributed by atoms with Crippen LogP contribution in [0.1, 0.15) is 6.92 Å². The van der Waals surface area contributed by atoms with Crippen LogP contribution in [0.15, 0.2) is 46.9 Å². The highest BCUT2D eigenvalue weighted by Crippen LogP contribution is 2.33. The van der Waals surface area contributed by atoms with Gasteiger partial charge in [-0.15, -0.1) is 0 Å². The standard InChI is InChI=1S/C16H13N3O3S/c1-9(20)17-16(23)18-10-6-7-13(21)11(8-10)15-19-12-4-2-3-5-14(12)22-15/h2-8,21H,1H3,(H2,17,18,20,23). The molecule has 7 heteroatoms. The number of amides is 1. The number of fused-ring (bicyclic) bond motifs is 1. The molecule has 1 aromatic heterocycles. The molecule has 1 heterocycles. The van der Waals surface area contributed by atoms with E-state index < -0.39 is 0 Å². The van der Waals surface area contributed by atoms with Gasteiger partial charge < -0.3 is 20.2 Å². The van der Waals surface area contributed by atoms with Crippen LogP contribution in [0.4, 0.5) is 5.69 Å². The van der Waals surface area contributed by atoms with Crippen molar-refractivity contribution in [3.05, 3.63) is 42.5 Å². The zero-order chi connectivity index (χ0) is 16.4. The van der Waals surface area contributed by atoms with E-state index in [1.54, 1.807) is 18.2 Å². The number of carbonyl (C=O) groups is 1. The van der Waals surface area contributed by atoms with Gasteiger partial charge in [-0.3, -0.25) is 4.79 Å². The molecule has 23 heavy (non-hydrogen) atoms. The van der Waals surface area contributed by atoms with Gasteiger partial charge in [0.05, 0.1) is 5.56 Å². The van der Waals surface area contributed by atoms with Gasteiger partial charge in [0.25, 0.3) is 0 Å². The first-order valence-electron chi connectivity index (χ1n) is 6.80. The maximum absolute atomic E-state index is 11.0. The molecule has 0 unspecified atom stereocenters. The van der Waals surface area contributed by atoms with Gasteiger partial charge in [0, 0.05) is 12.6 Å². The molecule has 0 spiro atoms. The first-order chi connectivity index (χ1) is 11.0. The lowest BCUT2D eigenvalue weighted by Gasteiger charge is -2.09. The van der Waals surface area contributed by atoms with E-state index in [9.17, 15) is 9.90 Å². The first kappa shape index (κ1) is 15.0. The molecule has 2 aromatic carbocycles. The van der Waals surface area contributed by atoms with Crippen LogP contribution >= 0.6 is 12.2 Å². The number of phenols is 1. The third-order valence-corrected chi connectivity index (χ3v) is 3.27. The zero-order valence-corrected chi connectivity index (χ0v) is 13.0. The van der Waals surface area contributed by atoms with E-state index in [0.717, 1.165) is 0 Å². The Labute approximate surface area is 137 Å². The van der Waals surface area contributed by atoms with Gasteiger partial charge in [0.2, 0.25) is 11.8 Å². The fraction of sp³-hybridized carbons (Fsp3) is 0.0625. The second kappa shape index (κ2) is 6.05. The highest BCUT2D eigenvalue weighted by atomic mass is 32.1. The minimum Gasteiger partial charge on any atom is -0.507 e. The van der Waals surface area contributed by atoms with Crippen molar-refractivity contribution in [1.29, 1.82) is 0 Å². The third kappa shape index (κ3) is 3.29. The second-order valence-electron chi connectivity index (χ2n) is 4.85. The number of hydrogen-bond donors (Lipinski definition) is 3. The number of thiocarbonyl (C=S) groups is 1. The van der Waals surface area contributed by atoms with Gasteiger partial charge in [0.1, 0.15) is 11.3 Å². The number of benzene rings is 2. The molecule has 1 amide bonds. The number of oxazole rings is 1. The van der Waals surface area contributed by atoms with Crippen molar-refractivity contribution in [2.45, 2.75) is 6.92 Å². The van der Waals surface area contributed by atoms with E-state index in [1.165, 1.54) is 13.0 Å². The molecular weight excluding hydrogens is 314 g/mol. The first-order valence-corrected chi connectivity index (χ1v) is 7.21. The van der Waals surface area contributed by atoms with Crippen LogP contribution in [0.3, 0.4) is 0 Å². The Hall–Kier alpha value is -2.93. The molecule has 116 valence electrons. The molecule has 0 saturated carbocycles. The average Bonchev–Trinajstić information content (AvgIpc) is 2.92. The average molecular weight is 327 g/mol. The van der Waals surface area contributed by atoms with Crippen molar-refractivity contribution < 1.29 is 14.3 Å². The van der Waals surface area contributed by atoms with Crippen LogP contribution in [0, 0.1) is 0 Å². The summed E-state index contributed by atoms with van der Waals surface area (Å²) in [5.41, 5.74) is 2.36. The smallest absolute Gasteiger partial charge is 0.231 e. The Morgan fingerprint density at radius 1 is 1.26 bits per heavy atom. The SMILES string of the molecule is CC(=O)NC(=S)Nc1ccc(O)c(-c2nc3ccccc3o2)c1. The summed E-state index contributed by atoms with van der Waals surface area (Å²) in [6, 6.07) is 12.1. The van der Waals surface area contributed by atoms with Gasteiger partial charge in [0.15, 0.2) is 10.7 Å². The number of para-hydroxylation sites is 2. The Kier molecular flexibility index (Phi) is 3.94. The Balaban J connectivity index is 1.94. The molecule has 0 aliphatic carbocycles.